The number of fused-ring (bicyclic) bond motifs is 5. The van der Waals surface area contributed by atoms with Crippen molar-refractivity contribution >= 4 is 0 Å². The molecule has 4 rings (SSSR count). The molecule has 0 bridgehead atoms. The third kappa shape index (κ3) is 3.42. The van der Waals surface area contributed by atoms with Crippen molar-refractivity contribution < 1.29 is 5.11 Å². The summed E-state index contributed by atoms with van der Waals surface area (Å²) in [5.41, 5.74) is 2.60. The summed E-state index contributed by atoms with van der Waals surface area (Å²) in [6.45, 7) is 12.6. The number of aliphatic hydroxyl groups is 1. The zero-order valence-corrected chi connectivity index (χ0v) is 19.3. The van der Waals surface area contributed by atoms with E-state index < -0.39 is 0 Å². The van der Waals surface area contributed by atoms with Crippen molar-refractivity contribution in [1.29, 1.82) is 0 Å². The van der Waals surface area contributed by atoms with Gasteiger partial charge < -0.3 is 5.11 Å². The maximum absolute atomic E-state index is 10.2. The molecule has 3 fully saturated rings. The zero-order valence-electron chi connectivity index (χ0n) is 19.3. The van der Waals surface area contributed by atoms with Crippen molar-refractivity contribution in [2.24, 2.45) is 46.3 Å². The molecule has 0 amide bonds. The molecule has 0 spiro atoms. The Labute approximate surface area is 174 Å². The van der Waals surface area contributed by atoms with Crippen LogP contribution in [-0.2, 0) is 0 Å². The zero-order chi connectivity index (χ0) is 20.1. The number of hydrogen-bond acceptors (Lipinski definition) is 1. The van der Waals surface area contributed by atoms with Crippen LogP contribution in [-0.4, -0.2) is 11.2 Å². The molecule has 3 saturated carbocycles. The Bertz CT molecular complexity index is 591. The first kappa shape index (κ1) is 21.0. The van der Waals surface area contributed by atoms with Gasteiger partial charge in [0.25, 0.3) is 0 Å². The summed E-state index contributed by atoms with van der Waals surface area (Å²) < 4.78 is 0. The lowest BCUT2D eigenvalue weighted by atomic mass is 9.47. The summed E-state index contributed by atoms with van der Waals surface area (Å²) >= 11 is 0. The third-order valence-electron chi connectivity index (χ3n) is 10.3. The van der Waals surface area contributed by atoms with E-state index in [1.165, 1.54) is 57.8 Å². The van der Waals surface area contributed by atoms with Crippen LogP contribution in [0.1, 0.15) is 105 Å². The summed E-state index contributed by atoms with van der Waals surface area (Å²) in [4.78, 5) is 0. The first-order chi connectivity index (χ1) is 13.3. The molecule has 0 unspecified atom stereocenters. The maximum atomic E-state index is 10.2. The summed E-state index contributed by atoms with van der Waals surface area (Å²) in [6.07, 6.45) is 17.2. The third-order valence-corrected chi connectivity index (χ3v) is 10.3. The Hall–Kier alpha value is -0.300. The molecule has 0 aromatic carbocycles. The largest absolute Gasteiger partial charge is 0.393 e. The topological polar surface area (TPSA) is 20.2 Å². The van der Waals surface area contributed by atoms with Gasteiger partial charge in [-0.05, 0) is 97.7 Å². The summed E-state index contributed by atoms with van der Waals surface area (Å²) in [5, 5.41) is 10.2. The van der Waals surface area contributed by atoms with Crippen LogP contribution >= 0.6 is 0 Å². The molecule has 1 nitrogen and oxygen atoms in total. The van der Waals surface area contributed by atoms with Crippen LogP contribution in [0.15, 0.2) is 11.6 Å². The van der Waals surface area contributed by atoms with Gasteiger partial charge in [0.05, 0.1) is 6.10 Å². The van der Waals surface area contributed by atoms with E-state index in [-0.39, 0.29) is 6.10 Å². The Morgan fingerprint density at radius 2 is 1.79 bits per heavy atom. The molecule has 0 saturated heterocycles. The molecule has 160 valence electrons. The first-order valence-corrected chi connectivity index (χ1v) is 12.6. The second kappa shape index (κ2) is 7.75. The van der Waals surface area contributed by atoms with Crippen molar-refractivity contribution in [3.63, 3.8) is 0 Å². The fourth-order valence-corrected chi connectivity index (χ4v) is 8.67. The number of allylic oxidation sites excluding steroid dienone is 1. The quantitative estimate of drug-likeness (QED) is 0.488. The van der Waals surface area contributed by atoms with E-state index in [1.54, 1.807) is 5.57 Å². The predicted octanol–water partition coefficient (Wildman–Crippen LogP) is 7.39. The van der Waals surface area contributed by atoms with Crippen LogP contribution in [0.25, 0.3) is 0 Å². The normalized spacial score (nSPS) is 46.5. The van der Waals surface area contributed by atoms with Crippen LogP contribution in [0.2, 0.25) is 0 Å². The highest BCUT2D eigenvalue weighted by molar-refractivity contribution is 5.25. The van der Waals surface area contributed by atoms with E-state index >= 15 is 0 Å². The van der Waals surface area contributed by atoms with Crippen molar-refractivity contribution in [1.82, 2.24) is 0 Å². The molecular weight excluding hydrogens is 340 g/mol. The van der Waals surface area contributed by atoms with Crippen LogP contribution in [0.3, 0.4) is 0 Å². The van der Waals surface area contributed by atoms with Crippen molar-refractivity contribution in [3.8, 4) is 0 Å². The lowest BCUT2D eigenvalue weighted by molar-refractivity contribution is -0.0573. The number of aliphatic hydroxyl groups excluding tert-OH is 1. The fourth-order valence-electron chi connectivity index (χ4n) is 8.67. The lowest BCUT2D eigenvalue weighted by Gasteiger charge is -2.58. The van der Waals surface area contributed by atoms with Gasteiger partial charge in [0.1, 0.15) is 0 Å². The second-order valence-corrected chi connectivity index (χ2v) is 12.2. The van der Waals surface area contributed by atoms with Gasteiger partial charge in [0.15, 0.2) is 0 Å². The SMILES string of the molecule is CC(C)CCC[C@H](C)[C@@H]1CC[C@H]2[C@H]3CC=C4C[C@@H](O)CC[C@@]4(C)[C@@H]3CC[C@]21C. The molecule has 0 radical (unpaired) electrons. The van der Waals surface area contributed by atoms with E-state index in [1.807, 2.05) is 0 Å². The maximum Gasteiger partial charge on any atom is 0.0577 e. The van der Waals surface area contributed by atoms with E-state index in [9.17, 15) is 5.11 Å². The number of hydrogen-bond donors (Lipinski definition) is 1. The Kier molecular flexibility index (Phi) is 5.80. The van der Waals surface area contributed by atoms with Gasteiger partial charge in [-0.25, -0.2) is 0 Å². The first-order valence-electron chi connectivity index (χ1n) is 12.6. The smallest absolute Gasteiger partial charge is 0.0577 e. The van der Waals surface area contributed by atoms with E-state index in [4.69, 9.17) is 0 Å². The van der Waals surface area contributed by atoms with E-state index in [0.29, 0.717) is 10.8 Å². The van der Waals surface area contributed by atoms with Gasteiger partial charge in [-0.2, -0.15) is 0 Å². The molecular formula is C27H46O. The average Bonchev–Trinajstić information content (AvgIpc) is 2.99. The Balaban J connectivity index is 1.49. The lowest BCUT2D eigenvalue weighted by Crippen LogP contribution is -2.50. The minimum atomic E-state index is -0.0766. The average molecular weight is 387 g/mol. The molecule has 1 N–H and O–H groups in total. The minimum Gasteiger partial charge on any atom is -0.393 e. The van der Waals surface area contributed by atoms with Gasteiger partial charge >= 0.3 is 0 Å². The molecule has 0 aromatic rings. The Morgan fingerprint density at radius 1 is 1.00 bits per heavy atom. The van der Waals surface area contributed by atoms with Crippen LogP contribution in [0, 0.1) is 46.3 Å². The highest BCUT2D eigenvalue weighted by Crippen LogP contribution is 2.67. The van der Waals surface area contributed by atoms with Gasteiger partial charge in [0, 0.05) is 0 Å². The van der Waals surface area contributed by atoms with Gasteiger partial charge in [0.2, 0.25) is 0 Å². The van der Waals surface area contributed by atoms with Crippen molar-refractivity contribution in [2.75, 3.05) is 0 Å². The fraction of sp³-hybridized carbons (Fsp3) is 0.926. The van der Waals surface area contributed by atoms with Gasteiger partial charge in [-0.15, -0.1) is 0 Å². The molecule has 0 aliphatic heterocycles. The van der Waals surface area contributed by atoms with Crippen LogP contribution in [0.5, 0.6) is 0 Å². The van der Waals surface area contributed by atoms with Crippen molar-refractivity contribution in [2.45, 2.75) is 111 Å². The molecule has 4 aliphatic carbocycles. The molecule has 0 aromatic heterocycles. The minimum absolute atomic E-state index is 0.0766. The second-order valence-electron chi connectivity index (χ2n) is 12.2. The van der Waals surface area contributed by atoms with Gasteiger partial charge in [-0.1, -0.05) is 65.5 Å². The van der Waals surface area contributed by atoms with E-state index in [2.05, 4.69) is 40.7 Å². The highest BCUT2D eigenvalue weighted by atomic mass is 16.3. The summed E-state index contributed by atoms with van der Waals surface area (Å²) in [7, 11) is 0. The molecule has 8 atom stereocenters. The number of rotatable bonds is 5. The highest BCUT2D eigenvalue weighted by Gasteiger charge is 2.59. The molecule has 4 aliphatic rings. The van der Waals surface area contributed by atoms with Gasteiger partial charge in [-0.3, -0.25) is 0 Å². The van der Waals surface area contributed by atoms with Crippen molar-refractivity contribution in [3.05, 3.63) is 11.6 Å². The monoisotopic (exact) mass is 386 g/mol. The predicted molar refractivity (Wildman–Crippen MR) is 119 cm³/mol. The molecule has 28 heavy (non-hydrogen) atoms. The van der Waals surface area contributed by atoms with Crippen LogP contribution in [0.4, 0.5) is 0 Å². The summed E-state index contributed by atoms with van der Waals surface area (Å²) in [6, 6.07) is 0. The summed E-state index contributed by atoms with van der Waals surface area (Å²) in [5.74, 6) is 5.46. The molecule has 1 heteroatoms. The van der Waals surface area contributed by atoms with E-state index in [0.717, 1.165) is 48.3 Å². The Morgan fingerprint density at radius 3 is 2.54 bits per heavy atom. The van der Waals surface area contributed by atoms with Crippen LogP contribution < -0.4 is 0 Å². The molecule has 0 heterocycles. The standard InChI is InChI=1S/C27H46O/c1-18(2)7-6-8-19(3)23-11-12-24-22-10-9-20-17-21(28)13-15-26(20,4)25(22)14-16-27(23,24)5/h9,18-19,21-25,28H,6-8,10-17H2,1-5H3/t19-,21-,22+,23-,24-,25+,26+,27-/m0/s1.